The topological polar surface area (TPSA) is 59.8 Å². The third-order valence-corrected chi connectivity index (χ3v) is 6.62. The highest BCUT2D eigenvalue weighted by molar-refractivity contribution is 7.99. The fraction of sp³-hybridized carbons (Fsp3) is 0.125. The van der Waals surface area contributed by atoms with Gasteiger partial charge in [0.15, 0.2) is 11.0 Å². The number of nitrogens with zero attached hydrogens (tertiary/aromatic N) is 3. The summed E-state index contributed by atoms with van der Waals surface area (Å²) in [4.78, 5) is 13.7. The first kappa shape index (κ1) is 22.5. The number of hydrogen-bond acceptors (Lipinski definition) is 5. The Bertz CT molecular complexity index is 1220. The molecule has 162 valence electrons. The summed E-state index contributed by atoms with van der Waals surface area (Å²) in [5.41, 5.74) is 3.77. The molecule has 5 nitrogen and oxygen atoms in total. The zero-order valence-corrected chi connectivity index (χ0v) is 20.0. The van der Waals surface area contributed by atoms with Crippen molar-refractivity contribution in [1.82, 2.24) is 14.8 Å². The monoisotopic (exact) mass is 480 g/mol. The molecule has 0 radical (unpaired) electrons. The van der Waals surface area contributed by atoms with Crippen molar-refractivity contribution in [2.75, 3.05) is 17.3 Å². The molecule has 0 saturated carbocycles. The van der Waals surface area contributed by atoms with Crippen molar-refractivity contribution in [3.63, 3.8) is 0 Å². The van der Waals surface area contributed by atoms with Crippen molar-refractivity contribution in [3.05, 3.63) is 83.4 Å². The fourth-order valence-corrected chi connectivity index (χ4v) is 4.44. The second-order valence-corrected chi connectivity index (χ2v) is 9.31. The van der Waals surface area contributed by atoms with Crippen LogP contribution >= 0.6 is 35.1 Å². The Morgan fingerprint density at radius 1 is 1.03 bits per heavy atom. The van der Waals surface area contributed by atoms with E-state index in [0.29, 0.717) is 16.0 Å². The number of aryl methyl sites for hydroxylation is 1. The molecule has 1 heterocycles. The van der Waals surface area contributed by atoms with Crippen LogP contribution in [0.3, 0.4) is 0 Å². The summed E-state index contributed by atoms with van der Waals surface area (Å²) in [6.45, 7) is 2.04. The van der Waals surface area contributed by atoms with Crippen LogP contribution in [0.25, 0.3) is 17.1 Å². The largest absolute Gasteiger partial charge is 0.325 e. The number of anilines is 1. The normalized spacial score (nSPS) is 10.8. The first-order valence-corrected chi connectivity index (χ1v) is 12.5. The van der Waals surface area contributed by atoms with Crippen LogP contribution in [0.5, 0.6) is 0 Å². The number of thioether (sulfide) groups is 2. The van der Waals surface area contributed by atoms with E-state index in [4.69, 9.17) is 11.6 Å². The minimum atomic E-state index is -0.0975. The van der Waals surface area contributed by atoms with E-state index >= 15 is 0 Å². The van der Waals surface area contributed by atoms with E-state index in [1.54, 1.807) is 11.8 Å². The predicted molar refractivity (Wildman–Crippen MR) is 134 cm³/mol. The van der Waals surface area contributed by atoms with Crippen LogP contribution in [0.4, 0.5) is 5.69 Å². The summed E-state index contributed by atoms with van der Waals surface area (Å²) >= 11 is 9.04. The van der Waals surface area contributed by atoms with Gasteiger partial charge in [0.25, 0.3) is 0 Å². The van der Waals surface area contributed by atoms with Crippen LogP contribution in [0, 0.1) is 6.92 Å². The van der Waals surface area contributed by atoms with Gasteiger partial charge in [0.2, 0.25) is 5.91 Å². The number of benzene rings is 3. The van der Waals surface area contributed by atoms with Gasteiger partial charge in [-0.2, -0.15) is 0 Å². The highest BCUT2D eigenvalue weighted by Gasteiger charge is 2.17. The average molecular weight is 481 g/mol. The zero-order valence-electron chi connectivity index (χ0n) is 17.6. The molecule has 0 saturated heterocycles. The van der Waals surface area contributed by atoms with Crippen LogP contribution in [0.15, 0.2) is 82.8 Å². The van der Waals surface area contributed by atoms with Crippen LogP contribution < -0.4 is 5.32 Å². The lowest BCUT2D eigenvalue weighted by Crippen LogP contribution is -2.14. The molecule has 3 aromatic carbocycles. The molecule has 1 aromatic heterocycles. The number of carbonyl (C=O) groups excluding carboxylic acids is 1. The first-order chi connectivity index (χ1) is 15.5. The summed E-state index contributed by atoms with van der Waals surface area (Å²) in [6.07, 6.45) is 2.01. The van der Waals surface area contributed by atoms with Gasteiger partial charge in [0.05, 0.1) is 5.75 Å². The van der Waals surface area contributed by atoms with Crippen molar-refractivity contribution < 1.29 is 4.79 Å². The SMILES string of the molecule is CSc1cccc(NC(=O)CSc2nnc(-c3ccc(Cl)cc3)n2-c2ccc(C)cc2)c1. The molecule has 8 heteroatoms. The Balaban J connectivity index is 1.58. The second kappa shape index (κ2) is 10.3. The van der Waals surface area contributed by atoms with Crippen molar-refractivity contribution in [2.24, 2.45) is 0 Å². The molecule has 0 aliphatic carbocycles. The number of rotatable bonds is 7. The lowest BCUT2D eigenvalue weighted by atomic mass is 10.2. The molecule has 0 aliphatic heterocycles. The Morgan fingerprint density at radius 2 is 1.78 bits per heavy atom. The Morgan fingerprint density at radius 3 is 2.50 bits per heavy atom. The molecule has 1 amide bonds. The van der Waals surface area contributed by atoms with Gasteiger partial charge in [0.1, 0.15) is 0 Å². The van der Waals surface area contributed by atoms with E-state index in [1.807, 2.05) is 90.5 Å². The lowest BCUT2D eigenvalue weighted by molar-refractivity contribution is -0.113. The van der Waals surface area contributed by atoms with Gasteiger partial charge in [-0.15, -0.1) is 22.0 Å². The van der Waals surface area contributed by atoms with E-state index in [9.17, 15) is 4.79 Å². The van der Waals surface area contributed by atoms with Crippen LogP contribution in [0.2, 0.25) is 5.02 Å². The summed E-state index contributed by atoms with van der Waals surface area (Å²) in [7, 11) is 0. The summed E-state index contributed by atoms with van der Waals surface area (Å²) in [5, 5.41) is 13.1. The quantitative estimate of drug-likeness (QED) is 0.312. The molecule has 4 aromatic rings. The van der Waals surface area contributed by atoms with Crippen molar-refractivity contribution in [2.45, 2.75) is 17.0 Å². The first-order valence-electron chi connectivity index (χ1n) is 9.88. The highest BCUT2D eigenvalue weighted by atomic mass is 35.5. The lowest BCUT2D eigenvalue weighted by Gasteiger charge is -2.11. The summed E-state index contributed by atoms with van der Waals surface area (Å²) in [6, 6.07) is 23.4. The van der Waals surface area contributed by atoms with Gasteiger partial charge in [0, 0.05) is 26.9 Å². The minimum absolute atomic E-state index is 0.0975. The molecular weight excluding hydrogens is 460 g/mol. The molecule has 0 atom stereocenters. The number of hydrogen-bond donors (Lipinski definition) is 1. The third-order valence-electron chi connectivity index (χ3n) is 4.71. The molecular formula is C24H21ClN4OS2. The molecule has 32 heavy (non-hydrogen) atoms. The third kappa shape index (κ3) is 5.35. The molecule has 0 bridgehead atoms. The number of halogens is 1. The van der Waals surface area contributed by atoms with Gasteiger partial charge < -0.3 is 5.32 Å². The Kier molecular flexibility index (Phi) is 7.19. The second-order valence-electron chi connectivity index (χ2n) is 7.05. The number of amides is 1. The molecule has 0 unspecified atom stereocenters. The average Bonchev–Trinajstić information content (AvgIpc) is 3.23. The van der Waals surface area contributed by atoms with Crippen molar-refractivity contribution >= 4 is 46.7 Å². The van der Waals surface area contributed by atoms with Gasteiger partial charge >= 0.3 is 0 Å². The van der Waals surface area contributed by atoms with E-state index in [-0.39, 0.29) is 11.7 Å². The summed E-state index contributed by atoms with van der Waals surface area (Å²) in [5.74, 6) is 0.814. The number of aromatic nitrogens is 3. The smallest absolute Gasteiger partial charge is 0.234 e. The zero-order chi connectivity index (χ0) is 22.5. The predicted octanol–water partition coefficient (Wildman–Crippen LogP) is 6.35. The molecule has 0 spiro atoms. The molecule has 1 N–H and O–H groups in total. The molecule has 4 rings (SSSR count). The van der Waals surface area contributed by atoms with E-state index < -0.39 is 0 Å². The van der Waals surface area contributed by atoms with E-state index in [2.05, 4.69) is 15.5 Å². The van der Waals surface area contributed by atoms with Gasteiger partial charge in [-0.05, 0) is 67.8 Å². The van der Waals surface area contributed by atoms with Crippen molar-refractivity contribution in [3.8, 4) is 17.1 Å². The maximum atomic E-state index is 12.6. The van der Waals surface area contributed by atoms with Gasteiger partial charge in [-0.3, -0.25) is 9.36 Å². The minimum Gasteiger partial charge on any atom is -0.325 e. The van der Waals surface area contributed by atoms with E-state index in [1.165, 1.54) is 11.8 Å². The number of nitrogens with one attached hydrogen (secondary N) is 1. The van der Waals surface area contributed by atoms with Crippen LogP contribution in [-0.2, 0) is 4.79 Å². The Labute approximate surface area is 200 Å². The standard InChI is InChI=1S/C24H21ClN4OS2/c1-16-6-12-20(13-7-16)29-23(17-8-10-18(25)11-9-17)27-28-24(29)32-15-22(30)26-19-4-3-5-21(14-19)31-2/h3-14H,15H2,1-2H3,(H,26,30). The maximum Gasteiger partial charge on any atom is 0.234 e. The van der Waals surface area contributed by atoms with Crippen LogP contribution in [-0.4, -0.2) is 32.7 Å². The molecule has 0 fully saturated rings. The van der Waals surface area contributed by atoms with Crippen molar-refractivity contribution in [1.29, 1.82) is 0 Å². The molecule has 0 aliphatic rings. The van der Waals surface area contributed by atoms with Crippen LogP contribution in [0.1, 0.15) is 5.56 Å². The van der Waals surface area contributed by atoms with Gasteiger partial charge in [-0.1, -0.05) is 47.1 Å². The number of carbonyl (C=O) groups is 1. The summed E-state index contributed by atoms with van der Waals surface area (Å²) < 4.78 is 1.97. The van der Waals surface area contributed by atoms with Gasteiger partial charge in [-0.25, -0.2) is 0 Å². The Hall–Kier alpha value is -2.74. The highest BCUT2D eigenvalue weighted by Crippen LogP contribution is 2.29. The van der Waals surface area contributed by atoms with E-state index in [0.717, 1.165) is 27.4 Å². The maximum absolute atomic E-state index is 12.6. The fourth-order valence-electron chi connectivity index (χ4n) is 3.10.